The van der Waals surface area contributed by atoms with Gasteiger partial charge in [-0.05, 0) is 35.9 Å². The minimum Gasteiger partial charge on any atom is -0.309 e. The molecular formula is C16H23NS2. The van der Waals surface area contributed by atoms with E-state index >= 15 is 0 Å². The van der Waals surface area contributed by atoms with Crippen LogP contribution in [0.1, 0.15) is 48.4 Å². The standard InChI is InChI=1S/C16H23NS2/c1-2-3-4-5-10-17-15(16-9-7-12-19-16)13-14-8-6-11-18-14/h6-9,11-12,15,17H,2-5,10,13H2,1H3. The van der Waals surface area contributed by atoms with Crippen LogP contribution in [0.15, 0.2) is 35.0 Å². The number of unbranched alkanes of at least 4 members (excludes halogenated alkanes) is 3. The summed E-state index contributed by atoms with van der Waals surface area (Å²) in [7, 11) is 0. The van der Waals surface area contributed by atoms with Gasteiger partial charge in [-0.1, -0.05) is 38.3 Å². The first-order valence-corrected chi connectivity index (χ1v) is 8.95. The molecule has 1 unspecified atom stereocenters. The van der Waals surface area contributed by atoms with Gasteiger partial charge in [-0.15, -0.1) is 22.7 Å². The summed E-state index contributed by atoms with van der Waals surface area (Å²) >= 11 is 3.72. The normalized spacial score (nSPS) is 12.7. The van der Waals surface area contributed by atoms with E-state index in [2.05, 4.69) is 47.3 Å². The smallest absolute Gasteiger partial charge is 0.0463 e. The molecule has 1 atom stereocenters. The Bertz CT molecular complexity index is 420. The van der Waals surface area contributed by atoms with Crippen molar-refractivity contribution in [2.45, 2.75) is 45.1 Å². The molecule has 0 aliphatic heterocycles. The third-order valence-electron chi connectivity index (χ3n) is 3.29. The molecule has 0 radical (unpaired) electrons. The van der Waals surface area contributed by atoms with Gasteiger partial charge in [-0.2, -0.15) is 0 Å². The second kappa shape index (κ2) is 8.51. The Morgan fingerprint density at radius 3 is 2.58 bits per heavy atom. The largest absolute Gasteiger partial charge is 0.309 e. The SMILES string of the molecule is CCCCCCNC(Cc1cccs1)c1cccs1. The molecular weight excluding hydrogens is 270 g/mol. The van der Waals surface area contributed by atoms with E-state index < -0.39 is 0 Å². The van der Waals surface area contributed by atoms with E-state index in [1.54, 1.807) is 0 Å². The molecule has 104 valence electrons. The lowest BCUT2D eigenvalue weighted by molar-refractivity contribution is 0.514. The minimum atomic E-state index is 0.486. The number of hydrogen-bond donors (Lipinski definition) is 1. The van der Waals surface area contributed by atoms with E-state index in [0.717, 1.165) is 13.0 Å². The van der Waals surface area contributed by atoms with Crippen LogP contribution >= 0.6 is 22.7 Å². The first-order valence-electron chi connectivity index (χ1n) is 7.19. The van der Waals surface area contributed by atoms with Crippen molar-refractivity contribution in [1.82, 2.24) is 5.32 Å². The molecule has 0 aliphatic rings. The highest BCUT2D eigenvalue weighted by molar-refractivity contribution is 7.10. The van der Waals surface area contributed by atoms with Gasteiger partial charge in [0, 0.05) is 22.2 Å². The van der Waals surface area contributed by atoms with Crippen molar-refractivity contribution in [1.29, 1.82) is 0 Å². The van der Waals surface area contributed by atoms with E-state index in [4.69, 9.17) is 0 Å². The van der Waals surface area contributed by atoms with Crippen molar-refractivity contribution in [2.75, 3.05) is 6.54 Å². The highest BCUT2D eigenvalue weighted by Gasteiger charge is 2.13. The summed E-state index contributed by atoms with van der Waals surface area (Å²) in [5.41, 5.74) is 0. The predicted molar refractivity (Wildman–Crippen MR) is 87.2 cm³/mol. The van der Waals surface area contributed by atoms with E-state index in [1.807, 2.05) is 22.7 Å². The minimum absolute atomic E-state index is 0.486. The lowest BCUT2D eigenvalue weighted by atomic mass is 10.1. The van der Waals surface area contributed by atoms with E-state index in [0.29, 0.717) is 6.04 Å². The van der Waals surface area contributed by atoms with Crippen LogP contribution in [0.3, 0.4) is 0 Å². The third-order valence-corrected chi connectivity index (χ3v) is 5.18. The molecule has 2 heterocycles. The van der Waals surface area contributed by atoms with Crippen molar-refractivity contribution in [3.8, 4) is 0 Å². The van der Waals surface area contributed by atoms with Crippen molar-refractivity contribution >= 4 is 22.7 Å². The summed E-state index contributed by atoms with van der Waals surface area (Å²) in [6.07, 6.45) is 6.42. The molecule has 1 nitrogen and oxygen atoms in total. The molecule has 0 bridgehead atoms. The number of thiophene rings is 2. The van der Waals surface area contributed by atoms with Gasteiger partial charge in [0.2, 0.25) is 0 Å². The third kappa shape index (κ3) is 5.09. The average molecular weight is 294 g/mol. The van der Waals surface area contributed by atoms with Crippen LogP contribution in [0.2, 0.25) is 0 Å². The van der Waals surface area contributed by atoms with Gasteiger partial charge in [-0.25, -0.2) is 0 Å². The van der Waals surface area contributed by atoms with Crippen LogP contribution in [0, 0.1) is 0 Å². The molecule has 0 saturated carbocycles. The summed E-state index contributed by atoms with van der Waals surface area (Å²) in [4.78, 5) is 2.93. The van der Waals surface area contributed by atoms with E-state index in [-0.39, 0.29) is 0 Å². The average Bonchev–Trinajstić information content (AvgIpc) is 3.10. The number of hydrogen-bond acceptors (Lipinski definition) is 3. The van der Waals surface area contributed by atoms with Gasteiger partial charge in [0.05, 0.1) is 0 Å². The molecule has 2 aromatic rings. The Kier molecular flexibility index (Phi) is 6.62. The van der Waals surface area contributed by atoms with Crippen LogP contribution in [-0.4, -0.2) is 6.54 Å². The quantitative estimate of drug-likeness (QED) is 0.622. The van der Waals surface area contributed by atoms with E-state index in [1.165, 1.54) is 35.4 Å². The molecule has 0 amide bonds. The van der Waals surface area contributed by atoms with Crippen molar-refractivity contribution in [3.63, 3.8) is 0 Å². The maximum atomic E-state index is 3.74. The van der Waals surface area contributed by atoms with Crippen molar-refractivity contribution < 1.29 is 0 Å². The fraction of sp³-hybridized carbons (Fsp3) is 0.500. The molecule has 0 saturated heterocycles. The van der Waals surface area contributed by atoms with Gasteiger partial charge in [0.1, 0.15) is 0 Å². The van der Waals surface area contributed by atoms with Crippen LogP contribution in [0.4, 0.5) is 0 Å². The molecule has 2 aromatic heterocycles. The van der Waals surface area contributed by atoms with Gasteiger partial charge < -0.3 is 5.32 Å². The zero-order valence-electron chi connectivity index (χ0n) is 11.6. The van der Waals surface area contributed by atoms with Gasteiger partial charge in [0.15, 0.2) is 0 Å². The van der Waals surface area contributed by atoms with Crippen LogP contribution in [0.25, 0.3) is 0 Å². The zero-order chi connectivity index (χ0) is 13.3. The monoisotopic (exact) mass is 293 g/mol. The highest BCUT2D eigenvalue weighted by Crippen LogP contribution is 2.24. The van der Waals surface area contributed by atoms with Crippen molar-refractivity contribution in [2.24, 2.45) is 0 Å². The van der Waals surface area contributed by atoms with Crippen molar-refractivity contribution in [3.05, 3.63) is 44.8 Å². The molecule has 0 fully saturated rings. The second-order valence-corrected chi connectivity index (χ2v) is 6.88. The van der Waals surface area contributed by atoms with Gasteiger partial charge >= 0.3 is 0 Å². The van der Waals surface area contributed by atoms with Gasteiger partial charge in [-0.3, -0.25) is 0 Å². The summed E-state index contributed by atoms with van der Waals surface area (Å²) < 4.78 is 0. The van der Waals surface area contributed by atoms with Crippen LogP contribution in [0.5, 0.6) is 0 Å². The first kappa shape index (κ1) is 14.8. The Balaban J connectivity index is 1.84. The second-order valence-electron chi connectivity index (χ2n) is 4.87. The molecule has 1 N–H and O–H groups in total. The first-order chi connectivity index (χ1) is 9.40. The molecule has 0 spiro atoms. The Labute approximate surface area is 124 Å². The summed E-state index contributed by atoms with van der Waals surface area (Å²) in [6.45, 7) is 3.40. The fourth-order valence-electron chi connectivity index (χ4n) is 2.22. The van der Waals surface area contributed by atoms with Crippen LogP contribution in [-0.2, 0) is 6.42 Å². The molecule has 0 aliphatic carbocycles. The topological polar surface area (TPSA) is 12.0 Å². The maximum absolute atomic E-state index is 3.74. The Hall–Kier alpha value is -0.640. The lowest BCUT2D eigenvalue weighted by Gasteiger charge is -2.16. The highest BCUT2D eigenvalue weighted by atomic mass is 32.1. The molecule has 2 rings (SSSR count). The predicted octanol–water partition coefficient (Wildman–Crippen LogP) is 5.26. The molecule has 3 heteroatoms. The lowest BCUT2D eigenvalue weighted by Crippen LogP contribution is -2.23. The molecule has 0 aromatic carbocycles. The van der Waals surface area contributed by atoms with Gasteiger partial charge in [0.25, 0.3) is 0 Å². The number of nitrogens with one attached hydrogen (secondary N) is 1. The Morgan fingerprint density at radius 1 is 1.05 bits per heavy atom. The summed E-state index contributed by atoms with van der Waals surface area (Å²) in [5, 5.41) is 8.08. The fourth-order valence-corrected chi connectivity index (χ4v) is 3.78. The van der Waals surface area contributed by atoms with Crippen LogP contribution < -0.4 is 5.32 Å². The number of rotatable bonds is 9. The Morgan fingerprint density at radius 2 is 1.89 bits per heavy atom. The summed E-state index contributed by atoms with van der Waals surface area (Å²) in [6, 6.07) is 9.28. The zero-order valence-corrected chi connectivity index (χ0v) is 13.2. The summed E-state index contributed by atoms with van der Waals surface area (Å²) in [5.74, 6) is 0. The van der Waals surface area contributed by atoms with E-state index in [9.17, 15) is 0 Å². The molecule has 19 heavy (non-hydrogen) atoms. The maximum Gasteiger partial charge on any atom is 0.0463 e.